The fourth-order valence-electron chi connectivity index (χ4n) is 3.71. The first-order valence-electron chi connectivity index (χ1n) is 6.62. The van der Waals surface area contributed by atoms with Gasteiger partial charge in [0.1, 0.15) is 0 Å². The van der Waals surface area contributed by atoms with Gasteiger partial charge >= 0.3 is 0 Å². The lowest BCUT2D eigenvalue weighted by Gasteiger charge is -2.38. The molecule has 1 heteroatoms. The summed E-state index contributed by atoms with van der Waals surface area (Å²) in [4.78, 5) is 0. The number of hydrogen-bond donors (Lipinski definition) is 1. The van der Waals surface area contributed by atoms with Gasteiger partial charge in [0.15, 0.2) is 0 Å². The lowest BCUT2D eigenvalue weighted by atomic mass is 9.68. The molecule has 82 valence electrons. The van der Waals surface area contributed by atoms with E-state index in [0.717, 1.165) is 24.3 Å². The maximum absolute atomic E-state index is 5.90. The highest BCUT2D eigenvalue weighted by atomic mass is 14.6. The molecule has 0 aliphatic heterocycles. The van der Waals surface area contributed by atoms with Crippen LogP contribution in [0.1, 0.15) is 57.8 Å². The van der Waals surface area contributed by atoms with E-state index in [1.807, 2.05) is 0 Å². The Labute approximate surface area is 88.4 Å². The zero-order valence-electron chi connectivity index (χ0n) is 9.38. The van der Waals surface area contributed by atoms with Gasteiger partial charge < -0.3 is 5.73 Å². The Morgan fingerprint density at radius 3 is 2.14 bits per heavy atom. The zero-order valence-corrected chi connectivity index (χ0v) is 9.38. The van der Waals surface area contributed by atoms with Crippen LogP contribution in [-0.2, 0) is 0 Å². The first-order valence-corrected chi connectivity index (χ1v) is 6.62. The second-order valence-corrected chi connectivity index (χ2v) is 5.34. The summed E-state index contributed by atoms with van der Waals surface area (Å²) in [5.74, 6) is 2.90. The van der Waals surface area contributed by atoms with Gasteiger partial charge in [-0.3, -0.25) is 0 Å². The average Bonchev–Trinajstić information content (AvgIpc) is 2.30. The molecule has 2 rings (SSSR count). The van der Waals surface area contributed by atoms with Crippen molar-refractivity contribution in [1.82, 2.24) is 0 Å². The maximum atomic E-state index is 5.90. The molecule has 0 spiro atoms. The van der Waals surface area contributed by atoms with Gasteiger partial charge in [0.25, 0.3) is 0 Å². The van der Waals surface area contributed by atoms with Gasteiger partial charge in [-0.25, -0.2) is 0 Å². The summed E-state index contributed by atoms with van der Waals surface area (Å²) in [7, 11) is 0. The van der Waals surface area contributed by atoms with Crippen LogP contribution in [0.15, 0.2) is 0 Å². The smallest absolute Gasteiger partial charge is 0.00461 e. The summed E-state index contributed by atoms with van der Waals surface area (Å²) in [6, 6.07) is 0. The van der Waals surface area contributed by atoms with Crippen LogP contribution in [0.4, 0.5) is 0 Å². The molecule has 0 heterocycles. The topological polar surface area (TPSA) is 26.0 Å². The van der Waals surface area contributed by atoms with Gasteiger partial charge in [-0.15, -0.1) is 0 Å². The van der Waals surface area contributed by atoms with E-state index in [1.165, 1.54) is 57.8 Å². The SMILES string of the molecule is NCC1CCCCC1C1CCCCC1. The molecule has 0 radical (unpaired) electrons. The number of rotatable bonds is 2. The van der Waals surface area contributed by atoms with Gasteiger partial charge in [-0.2, -0.15) is 0 Å². The molecule has 2 atom stereocenters. The summed E-state index contributed by atoms with van der Waals surface area (Å²) in [6.45, 7) is 0.946. The molecule has 1 nitrogen and oxygen atoms in total. The van der Waals surface area contributed by atoms with Crippen LogP contribution in [0.25, 0.3) is 0 Å². The summed E-state index contributed by atoms with van der Waals surface area (Å²) in [5, 5.41) is 0. The first kappa shape index (κ1) is 10.5. The molecule has 2 N–H and O–H groups in total. The quantitative estimate of drug-likeness (QED) is 0.718. The third-order valence-corrected chi connectivity index (χ3v) is 4.53. The molecule has 2 aliphatic rings. The molecule has 0 aromatic heterocycles. The average molecular weight is 195 g/mol. The van der Waals surface area contributed by atoms with Crippen LogP contribution in [0.5, 0.6) is 0 Å². The fraction of sp³-hybridized carbons (Fsp3) is 1.00. The van der Waals surface area contributed by atoms with E-state index in [9.17, 15) is 0 Å². The molecule has 2 saturated carbocycles. The van der Waals surface area contributed by atoms with Crippen LogP contribution >= 0.6 is 0 Å². The first-order chi connectivity index (χ1) is 6.92. The second-order valence-electron chi connectivity index (χ2n) is 5.34. The van der Waals surface area contributed by atoms with Crippen molar-refractivity contribution in [3.63, 3.8) is 0 Å². The third kappa shape index (κ3) is 2.31. The van der Waals surface area contributed by atoms with Crippen molar-refractivity contribution in [1.29, 1.82) is 0 Å². The minimum atomic E-state index is 0.867. The lowest BCUT2D eigenvalue weighted by molar-refractivity contribution is 0.133. The lowest BCUT2D eigenvalue weighted by Crippen LogP contribution is -2.32. The molecule has 0 aromatic carbocycles. The minimum Gasteiger partial charge on any atom is -0.330 e. The monoisotopic (exact) mass is 195 g/mol. The highest BCUT2D eigenvalue weighted by Gasteiger charge is 2.31. The summed E-state index contributed by atoms with van der Waals surface area (Å²) in [5.41, 5.74) is 5.90. The molecule has 0 saturated heterocycles. The van der Waals surface area contributed by atoms with E-state index in [-0.39, 0.29) is 0 Å². The summed E-state index contributed by atoms with van der Waals surface area (Å²) < 4.78 is 0. The Balaban J connectivity index is 1.91. The van der Waals surface area contributed by atoms with Crippen molar-refractivity contribution in [2.24, 2.45) is 23.5 Å². The summed E-state index contributed by atoms with van der Waals surface area (Å²) >= 11 is 0. The maximum Gasteiger partial charge on any atom is -0.00461 e. The molecule has 2 unspecified atom stereocenters. The van der Waals surface area contributed by atoms with Gasteiger partial charge in [-0.1, -0.05) is 44.9 Å². The predicted octanol–water partition coefficient (Wildman–Crippen LogP) is 3.33. The largest absolute Gasteiger partial charge is 0.330 e. The van der Waals surface area contributed by atoms with E-state index >= 15 is 0 Å². The van der Waals surface area contributed by atoms with Crippen molar-refractivity contribution in [2.45, 2.75) is 57.8 Å². The van der Waals surface area contributed by atoms with Crippen molar-refractivity contribution < 1.29 is 0 Å². The predicted molar refractivity (Wildman–Crippen MR) is 61.1 cm³/mol. The molecule has 2 fully saturated rings. The molecule has 14 heavy (non-hydrogen) atoms. The van der Waals surface area contributed by atoms with E-state index in [0.29, 0.717) is 0 Å². The normalized spacial score (nSPS) is 35.8. The number of nitrogens with two attached hydrogens (primary N) is 1. The van der Waals surface area contributed by atoms with Crippen molar-refractivity contribution in [3.05, 3.63) is 0 Å². The Hall–Kier alpha value is -0.0400. The third-order valence-electron chi connectivity index (χ3n) is 4.53. The fourth-order valence-corrected chi connectivity index (χ4v) is 3.71. The highest BCUT2D eigenvalue weighted by Crippen LogP contribution is 2.40. The minimum absolute atomic E-state index is 0.867. The van der Waals surface area contributed by atoms with Crippen LogP contribution in [0, 0.1) is 17.8 Å². The van der Waals surface area contributed by atoms with Gasteiger partial charge in [0.05, 0.1) is 0 Å². The Morgan fingerprint density at radius 2 is 1.43 bits per heavy atom. The Bertz CT molecular complexity index is 161. The van der Waals surface area contributed by atoms with Gasteiger partial charge in [0, 0.05) is 0 Å². The van der Waals surface area contributed by atoms with E-state index in [1.54, 1.807) is 0 Å². The zero-order chi connectivity index (χ0) is 9.80. The van der Waals surface area contributed by atoms with Crippen molar-refractivity contribution in [3.8, 4) is 0 Å². The highest BCUT2D eigenvalue weighted by molar-refractivity contribution is 4.83. The molecular weight excluding hydrogens is 170 g/mol. The number of hydrogen-bond acceptors (Lipinski definition) is 1. The second kappa shape index (κ2) is 5.16. The van der Waals surface area contributed by atoms with Gasteiger partial charge in [-0.05, 0) is 37.1 Å². The van der Waals surface area contributed by atoms with Crippen LogP contribution in [0.2, 0.25) is 0 Å². The van der Waals surface area contributed by atoms with E-state index < -0.39 is 0 Å². The van der Waals surface area contributed by atoms with Crippen LogP contribution in [-0.4, -0.2) is 6.54 Å². The Kier molecular flexibility index (Phi) is 3.86. The molecule has 0 aromatic rings. The standard InChI is InChI=1S/C13H25N/c14-10-12-8-4-5-9-13(12)11-6-2-1-3-7-11/h11-13H,1-10,14H2. The van der Waals surface area contributed by atoms with E-state index in [4.69, 9.17) is 5.73 Å². The summed E-state index contributed by atoms with van der Waals surface area (Å²) in [6.07, 6.45) is 13.3. The Morgan fingerprint density at radius 1 is 0.786 bits per heavy atom. The van der Waals surface area contributed by atoms with Gasteiger partial charge in [0.2, 0.25) is 0 Å². The molecule has 2 aliphatic carbocycles. The molecule has 0 amide bonds. The van der Waals surface area contributed by atoms with Crippen LogP contribution < -0.4 is 5.73 Å². The van der Waals surface area contributed by atoms with Crippen molar-refractivity contribution >= 4 is 0 Å². The van der Waals surface area contributed by atoms with Crippen molar-refractivity contribution in [2.75, 3.05) is 6.54 Å². The molecular formula is C13H25N. The van der Waals surface area contributed by atoms with E-state index in [2.05, 4.69) is 0 Å². The van der Waals surface area contributed by atoms with Crippen LogP contribution in [0.3, 0.4) is 0 Å². The molecule has 0 bridgehead atoms.